The molecule has 2 aromatic rings. The van der Waals surface area contributed by atoms with Crippen molar-refractivity contribution in [3.63, 3.8) is 0 Å². The van der Waals surface area contributed by atoms with Gasteiger partial charge in [0.1, 0.15) is 17.5 Å². The van der Waals surface area contributed by atoms with E-state index in [4.69, 9.17) is 16.4 Å². The van der Waals surface area contributed by atoms with Crippen molar-refractivity contribution in [3.8, 4) is 6.07 Å². The quantitative estimate of drug-likeness (QED) is 0.264. The van der Waals surface area contributed by atoms with Crippen LogP contribution in [0.25, 0.3) is 0 Å². The molecule has 1 spiro atoms. The van der Waals surface area contributed by atoms with E-state index in [1.54, 1.807) is 19.1 Å². The molecule has 51 heavy (non-hydrogen) atoms. The number of amides is 4. The standard InChI is InChI=1S/C39H49ClN6O5/c1-6-11-29(19-32(47)42-28-16-17-28)43-34(48)31-22-39(21-30(45-51-39)26-14-10-15-27(40)18-26)24-46(31)35(49)33(37(2,3)4)44-36(50)38(5,23-41)20-25-12-8-7-9-13-25/h7-10,12-15,18,28-29,31,33H,6,11,16-17,19-22,24H2,1-5H3,(H,42,47)(H,43,48)(H,44,50)/t29-,31-,33+,38?,39+/m0/s1. The highest BCUT2D eigenvalue weighted by Gasteiger charge is 2.56. The van der Waals surface area contributed by atoms with Gasteiger partial charge in [-0.2, -0.15) is 5.26 Å². The zero-order chi connectivity index (χ0) is 37.0. The number of rotatable bonds is 13. The molecule has 4 amide bonds. The Morgan fingerprint density at radius 3 is 2.43 bits per heavy atom. The lowest BCUT2D eigenvalue weighted by Crippen LogP contribution is -2.60. The van der Waals surface area contributed by atoms with Gasteiger partial charge in [0.2, 0.25) is 23.6 Å². The highest BCUT2D eigenvalue weighted by molar-refractivity contribution is 6.31. The Morgan fingerprint density at radius 2 is 1.80 bits per heavy atom. The normalized spacial score (nSPS) is 22.2. The van der Waals surface area contributed by atoms with Crippen LogP contribution >= 0.6 is 11.6 Å². The second-order valence-corrected chi connectivity index (χ2v) is 16.0. The third kappa shape index (κ3) is 9.28. The van der Waals surface area contributed by atoms with Crippen molar-refractivity contribution in [3.05, 3.63) is 70.7 Å². The fraction of sp³-hybridized carbons (Fsp3) is 0.538. The van der Waals surface area contributed by atoms with Gasteiger partial charge < -0.3 is 25.7 Å². The van der Waals surface area contributed by atoms with Gasteiger partial charge in [-0.3, -0.25) is 19.2 Å². The molecular weight excluding hydrogens is 668 g/mol. The van der Waals surface area contributed by atoms with Gasteiger partial charge in [-0.05, 0) is 55.7 Å². The summed E-state index contributed by atoms with van der Waals surface area (Å²) < 4.78 is 0. The molecule has 1 aliphatic carbocycles. The number of carbonyl (C=O) groups excluding carboxylic acids is 4. The summed E-state index contributed by atoms with van der Waals surface area (Å²) in [6, 6.07) is 16.4. The first kappa shape index (κ1) is 37.8. The molecule has 3 N–H and O–H groups in total. The molecule has 2 aromatic carbocycles. The predicted molar refractivity (Wildman–Crippen MR) is 194 cm³/mol. The highest BCUT2D eigenvalue weighted by Crippen LogP contribution is 2.40. The minimum Gasteiger partial charge on any atom is -0.387 e. The summed E-state index contributed by atoms with van der Waals surface area (Å²) in [5, 5.41) is 24.1. The molecule has 272 valence electrons. The zero-order valence-corrected chi connectivity index (χ0v) is 30.9. The highest BCUT2D eigenvalue weighted by atomic mass is 35.5. The summed E-state index contributed by atoms with van der Waals surface area (Å²) in [6.45, 7) is 9.09. The minimum absolute atomic E-state index is 0.0417. The van der Waals surface area contributed by atoms with E-state index >= 15 is 0 Å². The number of halogens is 1. The van der Waals surface area contributed by atoms with Crippen LogP contribution in [0.3, 0.4) is 0 Å². The van der Waals surface area contributed by atoms with E-state index in [0.29, 0.717) is 23.6 Å². The van der Waals surface area contributed by atoms with Gasteiger partial charge >= 0.3 is 0 Å². The molecule has 3 aliphatic rings. The van der Waals surface area contributed by atoms with Crippen molar-refractivity contribution < 1.29 is 24.0 Å². The molecule has 5 atom stereocenters. The number of carbonyl (C=O) groups is 4. The van der Waals surface area contributed by atoms with Crippen LogP contribution in [0.15, 0.2) is 59.8 Å². The van der Waals surface area contributed by atoms with Crippen molar-refractivity contribution >= 4 is 40.9 Å². The summed E-state index contributed by atoms with van der Waals surface area (Å²) in [6.07, 6.45) is 4.03. The van der Waals surface area contributed by atoms with Crippen LogP contribution in [0.4, 0.5) is 0 Å². The van der Waals surface area contributed by atoms with Gasteiger partial charge in [0, 0.05) is 41.9 Å². The summed E-state index contributed by atoms with van der Waals surface area (Å²) in [7, 11) is 0. The van der Waals surface area contributed by atoms with Crippen LogP contribution in [0.1, 0.15) is 90.7 Å². The lowest BCUT2D eigenvalue weighted by atomic mass is 9.81. The molecule has 2 aliphatic heterocycles. The lowest BCUT2D eigenvalue weighted by Gasteiger charge is -2.37. The Hall–Kier alpha value is -4.43. The van der Waals surface area contributed by atoms with Crippen molar-refractivity contribution in [1.82, 2.24) is 20.9 Å². The van der Waals surface area contributed by atoms with Crippen molar-refractivity contribution in [2.75, 3.05) is 6.54 Å². The third-order valence-corrected chi connectivity index (χ3v) is 10.1. The summed E-state index contributed by atoms with van der Waals surface area (Å²) in [5.74, 6) is -1.56. The smallest absolute Gasteiger partial charge is 0.246 e. The average Bonchev–Trinajstić information content (AvgIpc) is 3.67. The maximum atomic E-state index is 14.7. The van der Waals surface area contributed by atoms with Crippen LogP contribution < -0.4 is 16.0 Å². The number of hydrogen-bond donors (Lipinski definition) is 3. The lowest BCUT2D eigenvalue weighted by molar-refractivity contribution is -0.145. The molecule has 2 heterocycles. The average molecular weight is 717 g/mol. The van der Waals surface area contributed by atoms with Gasteiger partial charge in [-0.15, -0.1) is 0 Å². The third-order valence-electron chi connectivity index (χ3n) is 9.88. The molecule has 2 fully saturated rings. The zero-order valence-electron chi connectivity index (χ0n) is 30.1. The molecule has 0 aromatic heterocycles. The molecule has 12 heteroatoms. The maximum absolute atomic E-state index is 14.7. The van der Waals surface area contributed by atoms with Crippen LogP contribution in [-0.2, 0) is 30.4 Å². The number of nitrogens with one attached hydrogen (secondary N) is 3. The van der Waals surface area contributed by atoms with E-state index < -0.39 is 52.3 Å². The van der Waals surface area contributed by atoms with E-state index in [-0.39, 0.29) is 37.8 Å². The minimum atomic E-state index is -1.46. The molecule has 5 rings (SSSR count). The summed E-state index contributed by atoms with van der Waals surface area (Å²) in [4.78, 5) is 63.2. The Bertz CT molecular complexity index is 1700. The summed E-state index contributed by atoms with van der Waals surface area (Å²) >= 11 is 6.27. The molecule has 1 saturated carbocycles. The van der Waals surface area contributed by atoms with E-state index in [0.717, 1.165) is 30.4 Å². The van der Waals surface area contributed by atoms with E-state index in [1.165, 1.54) is 4.90 Å². The van der Waals surface area contributed by atoms with Crippen molar-refractivity contribution in [2.45, 2.75) is 116 Å². The largest absolute Gasteiger partial charge is 0.387 e. The fourth-order valence-electron chi connectivity index (χ4n) is 6.84. The van der Waals surface area contributed by atoms with Crippen molar-refractivity contribution in [1.29, 1.82) is 5.26 Å². The molecular formula is C39H49ClN6O5. The van der Waals surface area contributed by atoms with Crippen molar-refractivity contribution in [2.24, 2.45) is 16.0 Å². The fourth-order valence-corrected chi connectivity index (χ4v) is 7.03. The SMILES string of the molecule is CCC[C@@H](CC(=O)NC1CC1)NC(=O)[C@@H]1C[C@]2(CC(c3cccc(Cl)c3)=NO2)CN1C(=O)[C@@H](NC(=O)C(C)(C#N)Cc1ccccc1)C(C)(C)C. The van der Waals surface area contributed by atoms with E-state index in [9.17, 15) is 24.4 Å². The van der Waals surface area contributed by atoms with Gasteiger partial charge in [0.25, 0.3) is 0 Å². The topological polar surface area (TPSA) is 153 Å². The Labute approximate surface area is 305 Å². The first-order chi connectivity index (χ1) is 24.1. The van der Waals surface area contributed by atoms with Crippen LogP contribution in [0.2, 0.25) is 5.02 Å². The van der Waals surface area contributed by atoms with Crippen LogP contribution in [0.5, 0.6) is 0 Å². The van der Waals surface area contributed by atoms with Gasteiger partial charge in [0.15, 0.2) is 5.60 Å². The number of benzene rings is 2. The summed E-state index contributed by atoms with van der Waals surface area (Å²) in [5.41, 5.74) is -1.01. The number of hydrogen-bond acceptors (Lipinski definition) is 7. The second kappa shape index (κ2) is 15.4. The monoisotopic (exact) mass is 716 g/mol. The number of nitrogens with zero attached hydrogens (tertiary/aromatic N) is 3. The first-order valence-corrected chi connectivity index (χ1v) is 18.2. The Balaban J connectivity index is 1.41. The first-order valence-electron chi connectivity index (χ1n) is 17.8. The molecule has 0 bridgehead atoms. The van der Waals surface area contributed by atoms with Crippen LogP contribution in [-0.4, -0.2) is 70.6 Å². The second-order valence-electron chi connectivity index (χ2n) is 15.6. The molecule has 11 nitrogen and oxygen atoms in total. The van der Waals surface area contributed by atoms with Gasteiger partial charge in [-0.1, -0.05) is 93.3 Å². The van der Waals surface area contributed by atoms with Gasteiger partial charge in [0.05, 0.1) is 18.3 Å². The Morgan fingerprint density at radius 1 is 1.08 bits per heavy atom. The van der Waals surface area contributed by atoms with E-state index in [2.05, 4.69) is 27.2 Å². The predicted octanol–water partition coefficient (Wildman–Crippen LogP) is 5.06. The molecule has 1 saturated heterocycles. The maximum Gasteiger partial charge on any atom is 0.246 e. The molecule has 1 unspecified atom stereocenters. The molecule has 0 radical (unpaired) electrons. The van der Waals surface area contributed by atoms with Gasteiger partial charge in [-0.25, -0.2) is 0 Å². The van der Waals surface area contributed by atoms with E-state index in [1.807, 2.05) is 70.2 Å². The number of oxime groups is 1. The number of nitriles is 1. The van der Waals surface area contributed by atoms with Crippen LogP contribution in [0, 0.1) is 22.2 Å². The number of likely N-dealkylation sites (tertiary alicyclic amines) is 1. The Kier molecular flexibility index (Phi) is 11.4.